The molecule has 0 radical (unpaired) electrons. The third-order valence-corrected chi connectivity index (χ3v) is 0. The molecule has 0 saturated heterocycles. The highest BCUT2D eigenvalue weighted by Crippen LogP contribution is 1.38. The molecule has 5 heavy (non-hydrogen) atoms. The van der Waals surface area contributed by atoms with Crippen molar-refractivity contribution in [2.75, 3.05) is 0 Å². The normalized spacial score (nSPS) is 4.80. The van der Waals surface area contributed by atoms with Crippen LogP contribution in [0, 0.1) is 10.1 Å². The molecule has 0 aromatic carbocycles. The summed E-state index contributed by atoms with van der Waals surface area (Å²) in [7, 11) is 0. The maximum atomic E-state index is 8.36. The lowest BCUT2D eigenvalue weighted by atomic mass is 12.0. The van der Waals surface area contributed by atoms with Crippen molar-refractivity contribution in [2.45, 2.75) is 7.43 Å². The molecule has 1 N–H and O–H groups in total. The summed E-state index contributed by atoms with van der Waals surface area (Å²) in [6.07, 6.45) is 0. The highest BCUT2D eigenvalue weighted by molar-refractivity contribution is 3.83. The molecule has 32 valence electrons. The second-order valence-electron chi connectivity index (χ2n) is 0.238. The van der Waals surface area contributed by atoms with Gasteiger partial charge in [-0.25, -0.2) is 0 Å². The van der Waals surface area contributed by atoms with Crippen LogP contribution in [0.25, 0.3) is 0 Å². The maximum absolute atomic E-state index is 8.36. The molecule has 0 spiro atoms. The minimum absolute atomic E-state index is 0. The molecule has 0 atom stereocenters. The minimum Gasteiger partial charge on any atom is -0.328 e. The average Bonchev–Trinajstić information content (AvgIpc) is 0.811. The summed E-state index contributed by atoms with van der Waals surface area (Å²) < 4.78 is 0. The van der Waals surface area contributed by atoms with Crippen LogP contribution in [0.1, 0.15) is 7.43 Å². The van der Waals surface area contributed by atoms with Crippen LogP contribution in [-0.4, -0.2) is 10.3 Å². The maximum Gasteiger partial charge on any atom is 0.291 e. The first-order chi connectivity index (χ1) is 1.73. The van der Waals surface area contributed by atoms with Gasteiger partial charge >= 0.3 is 0 Å². The van der Waals surface area contributed by atoms with E-state index >= 15 is 0 Å². The summed E-state index contributed by atoms with van der Waals surface area (Å²) >= 11 is 0. The van der Waals surface area contributed by atoms with Gasteiger partial charge in [-0.3, -0.25) is 0 Å². The topological polar surface area (TPSA) is 63.4 Å². The van der Waals surface area contributed by atoms with E-state index in [4.69, 9.17) is 15.3 Å². The third-order valence-electron chi connectivity index (χ3n) is 0. The number of nitrogens with zero attached hydrogens (tertiary/aromatic N) is 1. The van der Waals surface area contributed by atoms with Crippen LogP contribution in [-0.2, 0) is 0 Å². The molecule has 0 aliphatic carbocycles. The zero-order valence-corrected chi connectivity index (χ0v) is 1.71. The summed E-state index contributed by atoms with van der Waals surface area (Å²) in [5.74, 6) is 0. The molecule has 0 aromatic heterocycles. The molecule has 0 aliphatic rings. The van der Waals surface area contributed by atoms with Gasteiger partial charge in [0, 0.05) is 0 Å². The number of rotatable bonds is 0. The van der Waals surface area contributed by atoms with E-state index in [9.17, 15) is 0 Å². The van der Waals surface area contributed by atoms with Crippen LogP contribution in [0.5, 0.6) is 0 Å². The standard InChI is InChI=1S/CH4.HNO3/c;2-1(3)4/h1H4;(H,2,3,4). The van der Waals surface area contributed by atoms with E-state index in [0.717, 1.165) is 0 Å². The van der Waals surface area contributed by atoms with Gasteiger partial charge in [-0.2, -0.15) is 0 Å². The Labute approximate surface area is 29.1 Å². The van der Waals surface area contributed by atoms with Crippen molar-refractivity contribution in [3.63, 3.8) is 0 Å². The van der Waals surface area contributed by atoms with Crippen LogP contribution in [0.2, 0.25) is 0 Å². The predicted molar refractivity (Wildman–Crippen MR) is 15.5 cm³/mol. The molecule has 0 heterocycles. The second kappa shape index (κ2) is 3.20. The quantitative estimate of drug-likeness (QED) is 0.335. The van der Waals surface area contributed by atoms with Crippen molar-refractivity contribution in [1.29, 1.82) is 0 Å². The molecule has 0 fully saturated rings. The molecule has 4 nitrogen and oxygen atoms in total. The summed E-state index contributed by atoms with van der Waals surface area (Å²) in [5.41, 5.74) is 0. The van der Waals surface area contributed by atoms with E-state index in [-0.39, 0.29) is 7.43 Å². The molecule has 0 rings (SSSR count). The van der Waals surface area contributed by atoms with E-state index in [2.05, 4.69) is 0 Å². The largest absolute Gasteiger partial charge is 0.328 e. The summed E-state index contributed by atoms with van der Waals surface area (Å²) in [4.78, 5) is 8.36. The first kappa shape index (κ1) is 8.89. The summed E-state index contributed by atoms with van der Waals surface area (Å²) in [5, 5.41) is 13.6. The van der Waals surface area contributed by atoms with Gasteiger partial charge in [-0.1, -0.05) is 7.43 Å². The number of hydrogen-bond donors (Lipinski definition) is 1. The van der Waals surface area contributed by atoms with Crippen molar-refractivity contribution < 1.29 is 10.3 Å². The first-order valence-electron chi connectivity index (χ1n) is 0.565. The average molecular weight is 79.1 g/mol. The van der Waals surface area contributed by atoms with E-state index in [1.165, 1.54) is 0 Å². The van der Waals surface area contributed by atoms with E-state index in [0.29, 0.717) is 0 Å². The van der Waals surface area contributed by atoms with Gasteiger partial charge in [-0.05, 0) is 0 Å². The molecule has 0 aromatic rings. The zero-order chi connectivity index (χ0) is 3.58. The van der Waals surface area contributed by atoms with Crippen LogP contribution < -0.4 is 0 Å². The lowest BCUT2D eigenvalue weighted by Crippen LogP contribution is -1.81. The Morgan fingerprint density at radius 1 is 1.80 bits per heavy atom. The van der Waals surface area contributed by atoms with E-state index in [1.54, 1.807) is 0 Å². The SMILES string of the molecule is C.O=[N+]([O-])O. The molecular formula is CH5NO3. The van der Waals surface area contributed by atoms with Crippen molar-refractivity contribution in [3.05, 3.63) is 10.1 Å². The van der Waals surface area contributed by atoms with Gasteiger partial charge in [0.1, 0.15) is 0 Å². The molecule has 0 amide bonds. The van der Waals surface area contributed by atoms with E-state index in [1.807, 2.05) is 0 Å². The molecule has 0 bridgehead atoms. The Balaban J connectivity index is 0. The Morgan fingerprint density at radius 3 is 1.80 bits per heavy atom. The minimum atomic E-state index is -1.50. The first-order valence-corrected chi connectivity index (χ1v) is 0.565. The predicted octanol–water partition coefficient (Wildman–Crippen LogP) is 0.288. The number of hydrogen-bond acceptors (Lipinski definition) is 2. The zero-order valence-electron chi connectivity index (χ0n) is 1.71. The fraction of sp³-hybridized carbons (Fsp3) is 1.00. The second-order valence-corrected chi connectivity index (χ2v) is 0.238. The highest BCUT2D eigenvalue weighted by atomic mass is 16.9. The van der Waals surface area contributed by atoms with Crippen LogP contribution in [0.4, 0.5) is 0 Å². The molecule has 4 heteroatoms. The van der Waals surface area contributed by atoms with Gasteiger partial charge in [0.05, 0.1) is 0 Å². The van der Waals surface area contributed by atoms with E-state index < -0.39 is 5.09 Å². The highest BCUT2D eigenvalue weighted by Gasteiger charge is 1.65. The Morgan fingerprint density at radius 2 is 1.80 bits per heavy atom. The molecular weight excluding hydrogens is 74.0 g/mol. The smallest absolute Gasteiger partial charge is 0.291 e. The Hall–Kier alpha value is -0.800. The Kier molecular flexibility index (Phi) is 5.69. The Bertz CT molecular complexity index is 29.9. The van der Waals surface area contributed by atoms with Crippen molar-refractivity contribution in [2.24, 2.45) is 0 Å². The fourth-order valence-corrected chi connectivity index (χ4v) is 0. The van der Waals surface area contributed by atoms with Gasteiger partial charge in [0.2, 0.25) is 0 Å². The lowest BCUT2D eigenvalue weighted by Gasteiger charge is -1.56. The summed E-state index contributed by atoms with van der Waals surface area (Å²) in [6, 6.07) is 0. The van der Waals surface area contributed by atoms with Gasteiger partial charge in [0.15, 0.2) is 0 Å². The molecule has 0 aliphatic heterocycles. The fourth-order valence-electron chi connectivity index (χ4n) is 0. The molecule has 0 unspecified atom stereocenters. The van der Waals surface area contributed by atoms with Crippen LogP contribution >= 0.6 is 0 Å². The van der Waals surface area contributed by atoms with Crippen molar-refractivity contribution in [1.82, 2.24) is 0 Å². The van der Waals surface area contributed by atoms with Gasteiger partial charge in [0.25, 0.3) is 5.09 Å². The monoisotopic (exact) mass is 79.0 g/mol. The van der Waals surface area contributed by atoms with Gasteiger partial charge in [-0.15, -0.1) is 10.1 Å². The van der Waals surface area contributed by atoms with Crippen molar-refractivity contribution in [3.8, 4) is 0 Å². The summed E-state index contributed by atoms with van der Waals surface area (Å²) in [6.45, 7) is 0. The van der Waals surface area contributed by atoms with Crippen LogP contribution in [0.3, 0.4) is 0 Å². The third kappa shape index (κ3) is 7.20. The van der Waals surface area contributed by atoms with Crippen molar-refractivity contribution >= 4 is 0 Å². The van der Waals surface area contributed by atoms with Crippen LogP contribution in [0.15, 0.2) is 0 Å². The molecule has 0 saturated carbocycles. The lowest BCUT2D eigenvalue weighted by molar-refractivity contribution is -0.742. The van der Waals surface area contributed by atoms with Gasteiger partial charge < -0.3 is 5.21 Å².